The van der Waals surface area contributed by atoms with Gasteiger partial charge in [-0.25, -0.2) is 8.42 Å². The zero-order chi connectivity index (χ0) is 18.3. The van der Waals surface area contributed by atoms with Gasteiger partial charge in [-0.15, -0.1) is 0 Å². The van der Waals surface area contributed by atoms with Gasteiger partial charge in [0.2, 0.25) is 0 Å². The number of benzene rings is 2. The summed E-state index contributed by atoms with van der Waals surface area (Å²) in [5, 5.41) is 18.5. The number of phenols is 2. The van der Waals surface area contributed by atoms with Crippen molar-refractivity contribution in [3.63, 3.8) is 0 Å². The summed E-state index contributed by atoms with van der Waals surface area (Å²) in [6, 6.07) is 4.00. The maximum Gasteiger partial charge on any atom is 0.420 e. The molecule has 0 aromatic heterocycles. The Labute approximate surface area is 144 Å². The van der Waals surface area contributed by atoms with Crippen molar-refractivity contribution < 1.29 is 31.8 Å². The van der Waals surface area contributed by atoms with Crippen molar-refractivity contribution >= 4 is 38.9 Å². The first kappa shape index (κ1) is 18.5. The first-order valence-corrected chi connectivity index (χ1v) is 8.27. The van der Waals surface area contributed by atoms with Gasteiger partial charge in [-0.2, -0.15) is 13.2 Å². The quantitative estimate of drug-likeness (QED) is 0.671. The number of sulfonamides is 1. The molecular weight excluding hydrogens is 394 g/mol. The summed E-state index contributed by atoms with van der Waals surface area (Å²) in [5.41, 5.74) is -1.90. The highest BCUT2D eigenvalue weighted by Crippen LogP contribution is 2.38. The number of aromatic hydroxyl groups is 2. The van der Waals surface area contributed by atoms with E-state index in [9.17, 15) is 31.8 Å². The molecule has 3 N–H and O–H groups in total. The Morgan fingerprint density at radius 3 is 2.25 bits per heavy atom. The van der Waals surface area contributed by atoms with Gasteiger partial charge >= 0.3 is 6.18 Å². The van der Waals surface area contributed by atoms with E-state index in [0.29, 0.717) is 12.1 Å². The van der Waals surface area contributed by atoms with Crippen molar-refractivity contribution in [1.29, 1.82) is 0 Å². The van der Waals surface area contributed by atoms with Crippen LogP contribution in [0.3, 0.4) is 0 Å². The molecule has 0 aliphatic carbocycles. The van der Waals surface area contributed by atoms with Crippen molar-refractivity contribution in [3.05, 3.63) is 45.9 Å². The molecule has 0 unspecified atom stereocenters. The first-order chi connectivity index (χ1) is 10.9. The lowest BCUT2D eigenvalue weighted by Gasteiger charge is -2.14. The molecule has 0 saturated carbocycles. The van der Waals surface area contributed by atoms with Gasteiger partial charge in [0, 0.05) is 10.7 Å². The van der Waals surface area contributed by atoms with Gasteiger partial charge in [0.05, 0.1) is 10.6 Å². The molecule has 0 heterocycles. The van der Waals surface area contributed by atoms with Crippen molar-refractivity contribution in [2.45, 2.75) is 11.1 Å². The summed E-state index contributed by atoms with van der Waals surface area (Å²) < 4.78 is 64.6. The average molecular weight is 402 g/mol. The van der Waals surface area contributed by atoms with Crippen LogP contribution in [-0.4, -0.2) is 18.6 Å². The maximum absolute atomic E-state index is 12.7. The Bertz CT molecular complexity index is 901. The van der Waals surface area contributed by atoms with Crippen LogP contribution in [0.1, 0.15) is 5.56 Å². The molecule has 0 saturated heterocycles. The largest absolute Gasteiger partial charge is 0.507 e. The maximum atomic E-state index is 12.7. The van der Waals surface area contributed by atoms with Crippen molar-refractivity contribution in [2.24, 2.45) is 0 Å². The Kier molecular flexibility index (Phi) is 4.80. The van der Waals surface area contributed by atoms with E-state index in [2.05, 4.69) is 0 Å². The van der Waals surface area contributed by atoms with Crippen LogP contribution in [-0.2, 0) is 16.2 Å². The molecule has 0 aliphatic rings. The monoisotopic (exact) mass is 401 g/mol. The molecule has 11 heteroatoms. The minimum atomic E-state index is -4.88. The van der Waals surface area contributed by atoms with Crippen LogP contribution in [0.4, 0.5) is 18.9 Å². The predicted molar refractivity (Wildman–Crippen MR) is 82.0 cm³/mol. The lowest BCUT2D eigenvalue weighted by Crippen LogP contribution is -2.14. The standard InChI is InChI=1S/C13H8Cl2F3NO4S/c14-6-3-9(15)12(21)11(4-6)24(22,23)19-7-1-2-10(20)8(5-7)13(16,17)18/h1-5,19-21H. The second kappa shape index (κ2) is 6.23. The molecule has 0 spiro atoms. The molecule has 0 atom stereocenters. The van der Waals surface area contributed by atoms with Crippen LogP contribution < -0.4 is 4.72 Å². The number of halogens is 5. The molecule has 0 amide bonds. The van der Waals surface area contributed by atoms with Crippen molar-refractivity contribution in [2.75, 3.05) is 4.72 Å². The summed E-state index contributed by atoms with van der Waals surface area (Å²) in [5.74, 6) is -1.86. The molecule has 0 radical (unpaired) electrons. The van der Waals surface area contributed by atoms with Crippen molar-refractivity contribution in [1.82, 2.24) is 0 Å². The van der Waals surface area contributed by atoms with E-state index in [1.165, 1.54) is 0 Å². The number of rotatable bonds is 3. The van der Waals surface area contributed by atoms with E-state index in [4.69, 9.17) is 23.2 Å². The number of nitrogens with one attached hydrogen (secondary N) is 1. The van der Waals surface area contributed by atoms with Gasteiger partial charge in [-0.05, 0) is 30.3 Å². The van der Waals surface area contributed by atoms with E-state index >= 15 is 0 Å². The smallest absolute Gasteiger partial charge is 0.420 e. The lowest BCUT2D eigenvalue weighted by atomic mass is 10.2. The van der Waals surface area contributed by atoms with Crippen LogP contribution in [0.5, 0.6) is 11.5 Å². The highest BCUT2D eigenvalue weighted by Gasteiger charge is 2.34. The van der Waals surface area contributed by atoms with Gasteiger partial charge in [0.1, 0.15) is 10.6 Å². The zero-order valence-electron chi connectivity index (χ0n) is 11.4. The lowest BCUT2D eigenvalue weighted by molar-refractivity contribution is -0.138. The van der Waals surface area contributed by atoms with E-state index in [-0.39, 0.29) is 10.0 Å². The molecular formula is C13H8Cl2F3NO4S. The Morgan fingerprint density at radius 1 is 1.04 bits per heavy atom. The number of anilines is 1. The van der Waals surface area contributed by atoms with Gasteiger partial charge in [0.15, 0.2) is 5.75 Å². The van der Waals surface area contributed by atoms with Crippen LogP contribution >= 0.6 is 23.2 Å². The van der Waals surface area contributed by atoms with Crippen LogP contribution in [0.25, 0.3) is 0 Å². The predicted octanol–water partition coefficient (Wildman–Crippen LogP) is 4.22. The molecule has 2 rings (SSSR count). The number of phenolic OH excluding ortho intramolecular Hbond substituents is 2. The third-order valence-electron chi connectivity index (χ3n) is 2.84. The highest BCUT2D eigenvalue weighted by molar-refractivity contribution is 7.92. The van der Waals surface area contributed by atoms with E-state index in [1.54, 1.807) is 0 Å². The van der Waals surface area contributed by atoms with Crippen LogP contribution in [0, 0.1) is 0 Å². The summed E-state index contributed by atoms with van der Waals surface area (Å²) >= 11 is 11.3. The zero-order valence-corrected chi connectivity index (χ0v) is 13.7. The molecule has 0 fully saturated rings. The van der Waals surface area contributed by atoms with Gasteiger partial charge in [-0.1, -0.05) is 23.2 Å². The molecule has 5 nitrogen and oxygen atoms in total. The minimum Gasteiger partial charge on any atom is -0.507 e. The normalized spacial score (nSPS) is 12.2. The topological polar surface area (TPSA) is 86.6 Å². The summed E-state index contributed by atoms with van der Waals surface area (Å²) in [6.07, 6.45) is -4.88. The second-order valence-corrected chi connectivity index (χ2v) is 7.06. The Balaban J connectivity index is 2.48. The number of alkyl halides is 3. The number of hydrogen-bond acceptors (Lipinski definition) is 4. The van der Waals surface area contributed by atoms with Crippen LogP contribution in [0.15, 0.2) is 35.2 Å². The average Bonchev–Trinajstić information content (AvgIpc) is 2.43. The number of hydrogen-bond donors (Lipinski definition) is 3. The highest BCUT2D eigenvalue weighted by atomic mass is 35.5. The van der Waals surface area contributed by atoms with E-state index in [1.807, 2.05) is 4.72 Å². The molecule has 24 heavy (non-hydrogen) atoms. The fourth-order valence-corrected chi connectivity index (χ4v) is 3.59. The third kappa shape index (κ3) is 3.80. The molecule has 2 aromatic rings. The van der Waals surface area contributed by atoms with Gasteiger partial charge in [0.25, 0.3) is 10.0 Å². The fourth-order valence-electron chi connectivity index (χ4n) is 1.78. The second-order valence-electron chi connectivity index (χ2n) is 4.57. The molecule has 2 aromatic carbocycles. The summed E-state index contributed by atoms with van der Waals surface area (Å²) in [4.78, 5) is -0.707. The van der Waals surface area contributed by atoms with Crippen LogP contribution in [0.2, 0.25) is 10.0 Å². The van der Waals surface area contributed by atoms with Gasteiger partial charge in [-0.3, -0.25) is 4.72 Å². The minimum absolute atomic E-state index is 0.0974. The summed E-state index contributed by atoms with van der Waals surface area (Å²) in [7, 11) is -4.48. The Morgan fingerprint density at radius 2 is 1.67 bits per heavy atom. The third-order valence-corrected chi connectivity index (χ3v) is 4.74. The van der Waals surface area contributed by atoms with E-state index < -0.39 is 43.8 Å². The Hall–Kier alpha value is -1.84. The molecule has 130 valence electrons. The SMILES string of the molecule is O=S(=O)(Nc1ccc(O)c(C(F)(F)F)c1)c1cc(Cl)cc(Cl)c1O. The molecule has 0 bridgehead atoms. The van der Waals surface area contributed by atoms with Crippen molar-refractivity contribution in [3.8, 4) is 11.5 Å². The van der Waals surface area contributed by atoms with E-state index in [0.717, 1.165) is 18.2 Å². The molecule has 0 aliphatic heterocycles. The fraction of sp³-hybridized carbons (Fsp3) is 0.0769. The van der Waals surface area contributed by atoms with Gasteiger partial charge < -0.3 is 10.2 Å². The first-order valence-electron chi connectivity index (χ1n) is 6.03. The summed E-state index contributed by atoms with van der Waals surface area (Å²) in [6.45, 7) is 0.